The van der Waals surface area contributed by atoms with Crippen molar-refractivity contribution in [1.82, 2.24) is 14.8 Å². The van der Waals surface area contributed by atoms with Crippen molar-refractivity contribution >= 4 is 11.6 Å². The summed E-state index contributed by atoms with van der Waals surface area (Å²) < 4.78 is 116. The van der Waals surface area contributed by atoms with Crippen molar-refractivity contribution < 1.29 is 49.8 Å². The number of carbonyl (C=O) groups is 2. The number of aromatic nitrogens is 3. The lowest BCUT2D eigenvalue weighted by atomic mass is 9.85. The standard InChI is InChI=1S/C40H33F8N3O3/c1-21(52)30-17-23(5-8-33(30)43)29-7-6-27(9-12-38(54)10-3-2-4-11-38)49-35(29)24(13-22-14-25(41)18-26(42)15-22)16-28(53)20-51-37-34(36(50-51)40(46,47)48)31-19-32(31)39(37,44)45/h5-8,14-15,17-18,24,31-32,54H,2-4,10-11,13,16,19-20H2,1H3/t24-,31+,32-/m1/s1. The highest BCUT2D eigenvalue weighted by Gasteiger charge is 2.68. The Morgan fingerprint density at radius 3 is 2.37 bits per heavy atom. The largest absolute Gasteiger partial charge is 0.435 e. The fourth-order valence-electron chi connectivity index (χ4n) is 7.88. The van der Waals surface area contributed by atoms with Crippen LogP contribution < -0.4 is 0 Å². The molecule has 0 unspecified atom stereocenters. The van der Waals surface area contributed by atoms with Crippen molar-refractivity contribution in [2.45, 2.75) is 94.4 Å². The van der Waals surface area contributed by atoms with Gasteiger partial charge in [0.15, 0.2) is 17.3 Å². The number of halogens is 8. The van der Waals surface area contributed by atoms with E-state index in [2.05, 4.69) is 16.9 Å². The number of hydrogen-bond acceptors (Lipinski definition) is 5. The number of alkyl halides is 5. The molecule has 282 valence electrons. The summed E-state index contributed by atoms with van der Waals surface area (Å²) in [5, 5.41) is 14.5. The van der Waals surface area contributed by atoms with Gasteiger partial charge in [-0.1, -0.05) is 18.4 Å². The van der Waals surface area contributed by atoms with E-state index in [1.54, 1.807) is 6.07 Å². The van der Waals surface area contributed by atoms with Crippen molar-refractivity contribution in [3.63, 3.8) is 0 Å². The Bertz CT molecular complexity index is 2210. The molecule has 2 heterocycles. The highest BCUT2D eigenvalue weighted by atomic mass is 19.4. The van der Waals surface area contributed by atoms with E-state index in [0.717, 1.165) is 37.5 Å². The fraction of sp³-hybridized carbons (Fsp3) is 0.400. The quantitative estimate of drug-likeness (QED) is 0.105. The monoisotopic (exact) mass is 755 g/mol. The summed E-state index contributed by atoms with van der Waals surface area (Å²) >= 11 is 0. The van der Waals surface area contributed by atoms with E-state index in [4.69, 9.17) is 4.98 Å². The van der Waals surface area contributed by atoms with Crippen molar-refractivity contribution in [3.8, 4) is 23.0 Å². The lowest BCUT2D eigenvalue weighted by molar-refractivity contribution is -0.142. The van der Waals surface area contributed by atoms with Crippen LogP contribution in [0.25, 0.3) is 11.1 Å². The van der Waals surface area contributed by atoms with Gasteiger partial charge in [0.2, 0.25) is 0 Å². The molecule has 14 heteroatoms. The van der Waals surface area contributed by atoms with Gasteiger partial charge in [0.25, 0.3) is 5.92 Å². The van der Waals surface area contributed by atoms with Gasteiger partial charge in [-0.15, -0.1) is 0 Å². The van der Waals surface area contributed by atoms with Gasteiger partial charge in [0, 0.05) is 35.4 Å². The molecule has 2 aromatic heterocycles. The first kappa shape index (κ1) is 37.4. The Morgan fingerprint density at radius 1 is 1.00 bits per heavy atom. The smallest absolute Gasteiger partial charge is 0.378 e. The topological polar surface area (TPSA) is 85.1 Å². The average molecular weight is 756 g/mol. The molecule has 0 amide bonds. The molecular weight excluding hydrogens is 722 g/mol. The number of pyridine rings is 1. The van der Waals surface area contributed by atoms with Crippen LogP contribution in [0.5, 0.6) is 0 Å². The third-order valence-electron chi connectivity index (χ3n) is 10.5. The molecule has 3 aliphatic rings. The molecule has 4 aromatic rings. The number of benzene rings is 2. The van der Waals surface area contributed by atoms with Gasteiger partial charge in [-0.05, 0) is 105 Å². The Labute approximate surface area is 304 Å². The zero-order chi connectivity index (χ0) is 38.7. The minimum atomic E-state index is -5.05. The SMILES string of the molecule is CC(=O)c1cc(-c2ccc(C#CC3(O)CCCCC3)nc2[C@@H](CC(=O)Cn2nc(C(F)(F)F)c3c2C(F)(F)[C@@H]2C[C@H]32)Cc2cc(F)cc(F)c2)ccc1F. The second-order valence-corrected chi connectivity index (χ2v) is 14.5. The van der Waals surface area contributed by atoms with E-state index in [0.29, 0.717) is 23.6 Å². The number of carbonyl (C=O) groups excluding carboxylic acids is 2. The number of nitrogens with zero attached hydrogens (tertiary/aromatic N) is 3. The molecule has 7 rings (SSSR count). The molecule has 2 fully saturated rings. The van der Waals surface area contributed by atoms with E-state index >= 15 is 8.78 Å². The second kappa shape index (κ2) is 13.7. The number of fused-ring (bicyclic) bond motifs is 3. The third-order valence-corrected chi connectivity index (χ3v) is 10.5. The van der Waals surface area contributed by atoms with Gasteiger partial charge in [0.05, 0.1) is 11.3 Å². The van der Waals surface area contributed by atoms with Gasteiger partial charge >= 0.3 is 6.18 Å². The van der Waals surface area contributed by atoms with E-state index < -0.39 is 94.4 Å². The molecule has 2 aromatic carbocycles. The molecule has 0 saturated heterocycles. The zero-order valence-electron chi connectivity index (χ0n) is 28.8. The third kappa shape index (κ3) is 7.30. The summed E-state index contributed by atoms with van der Waals surface area (Å²) in [5.41, 5.74) is -3.73. The number of rotatable bonds is 9. The summed E-state index contributed by atoms with van der Waals surface area (Å²) in [6, 6.07) is 9.43. The first-order chi connectivity index (χ1) is 25.4. The Morgan fingerprint density at radius 2 is 1.70 bits per heavy atom. The molecule has 3 atom stereocenters. The van der Waals surface area contributed by atoms with E-state index in [9.17, 15) is 41.0 Å². The maximum absolute atomic E-state index is 15.3. The summed E-state index contributed by atoms with van der Waals surface area (Å²) in [6.07, 6.45) is -2.69. The molecule has 0 spiro atoms. The van der Waals surface area contributed by atoms with E-state index in [-0.39, 0.29) is 46.5 Å². The van der Waals surface area contributed by atoms with E-state index in [1.807, 2.05) is 0 Å². The van der Waals surface area contributed by atoms with Gasteiger partial charge in [-0.25, -0.2) is 18.2 Å². The van der Waals surface area contributed by atoms with Crippen molar-refractivity contribution in [3.05, 3.63) is 105 Å². The van der Waals surface area contributed by atoms with Crippen LogP contribution in [0.2, 0.25) is 0 Å². The molecule has 0 aliphatic heterocycles. The highest BCUT2D eigenvalue weighted by Crippen LogP contribution is 2.68. The van der Waals surface area contributed by atoms with Crippen LogP contribution in [0.15, 0.2) is 48.5 Å². The van der Waals surface area contributed by atoms with Crippen molar-refractivity contribution in [2.75, 3.05) is 0 Å². The van der Waals surface area contributed by atoms with Crippen LogP contribution in [0, 0.1) is 35.2 Å². The first-order valence-electron chi connectivity index (χ1n) is 17.5. The average Bonchev–Trinajstić information content (AvgIpc) is 3.75. The fourth-order valence-corrected chi connectivity index (χ4v) is 7.88. The van der Waals surface area contributed by atoms with Crippen LogP contribution in [0.4, 0.5) is 35.1 Å². The number of ketones is 2. The highest BCUT2D eigenvalue weighted by molar-refractivity contribution is 5.95. The summed E-state index contributed by atoms with van der Waals surface area (Å²) in [5.74, 6) is -5.44. The van der Waals surface area contributed by atoms with Gasteiger partial charge < -0.3 is 5.11 Å². The minimum Gasteiger partial charge on any atom is -0.378 e. The van der Waals surface area contributed by atoms with E-state index in [1.165, 1.54) is 25.1 Å². The molecule has 54 heavy (non-hydrogen) atoms. The molecule has 0 radical (unpaired) electrons. The summed E-state index contributed by atoms with van der Waals surface area (Å²) in [4.78, 5) is 30.8. The van der Waals surface area contributed by atoms with Gasteiger partial charge in [0.1, 0.15) is 41.0 Å². The van der Waals surface area contributed by atoms with Crippen LogP contribution >= 0.6 is 0 Å². The Hall–Kier alpha value is -4.90. The predicted octanol–water partition coefficient (Wildman–Crippen LogP) is 8.83. The normalized spacial score (nSPS) is 20.0. The minimum absolute atomic E-state index is 0.0699. The molecule has 2 saturated carbocycles. The second-order valence-electron chi connectivity index (χ2n) is 14.5. The molecule has 3 aliphatic carbocycles. The molecule has 6 nitrogen and oxygen atoms in total. The lowest BCUT2D eigenvalue weighted by Gasteiger charge is -2.26. The molecule has 1 N–H and O–H groups in total. The maximum atomic E-state index is 15.3. The summed E-state index contributed by atoms with van der Waals surface area (Å²) in [6.45, 7) is 0.202. The Balaban J connectivity index is 1.33. The number of hydrogen-bond donors (Lipinski definition) is 1. The number of Topliss-reactive ketones (excluding diaryl/α,β-unsaturated/α-hetero) is 2. The van der Waals surface area contributed by atoms with Crippen LogP contribution in [-0.4, -0.2) is 37.0 Å². The van der Waals surface area contributed by atoms with Crippen molar-refractivity contribution in [2.24, 2.45) is 5.92 Å². The van der Waals surface area contributed by atoms with Gasteiger partial charge in [-0.3, -0.25) is 14.3 Å². The molecule has 0 bridgehead atoms. The van der Waals surface area contributed by atoms with Crippen LogP contribution in [0.1, 0.15) is 108 Å². The number of aliphatic hydroxyl groups is 1. The first-order valence-corrected chi connectivity index (χ1v) is 17.5. The van der Waals surface area contributed by atoms with Crippen LogP contribution in [-0.2, 0) is 29.9 Å². The lowest BCUT2D eigenvalue weighted by Crippen LogP contribution is -2.29. The maximum Gasteiger partial charge on any atom is 0.435 e. The molecular formula is C40H33F8N3O3. The van der Waals surface area contributed by atoms with Crippen LogP contribution in [0.3, 0.4) is 0 Å². The Kier molecular flexibility index (Phi) is 9.53. The zero-order valence-corrected chi connectivity index (χ0v) is 28.8. The van der Waals surface area contributed by atoms with Crippen molar-refractivity contribution in [1.29, 1.82) is 0 Å². The predicted molar refractivity (Wildman–Crippen MR) is 179 cm³/mol. The summed E-state index contributed by atoms with van der Waals surface area (Å²) in [7, 11) is 0. The van der Waals surface area contributed by atoms with Gasteiger partial charge in [-0.2, -0.15) is 27.1 Å².